The molecule has 1 aromatic heterocycles. The molecule has 3 rings (SSSR count). The smallest absolute Gasteiger partial charge is 0.198 e. The van der Waals surface area contributed by atoms with E-state index in [0.29, 0.717) is 5.71 Å². The third-order valence-electron chi connectivity index (χ3n) is 3.27. The van der Waals surface area contributed by atoms with Gasteiger partial charge in [-0.3, -0.25) is 0 Å². The van der Waals surface area contributed by atoms with Crippen molar-refractivity contribution < 1.29 is 8.42 Å². The maximum atomic E-state index is 12.5. The molecule has 0 radical (unpaired) electrons. The number of thiophene rings is 1. The van der Waals surface area contributed by atoms with Crippen molar-refractivity contribution in [2.45, 2.75) is 4.21 Å². The van der Waals surface area contributed by atoms with Crippen molar-refractivity contribution in [3.8, 4) is 0 Å². The maximum Gasteiger partial charge on any atom is 0.292 e. The van der Waals surface area contributed by atoms with Crippen LogP contribution in [-0.4, -0.2) is 14.1 Å². The molecule has 0 unspecified atom stereocenters. The van der Waals surface area contributed by atoms with Crippen molar-refractivity contribution in [3.05, 3.63) is 95.4 Å². The first-order valence-electron chi connectivity index (χ1n) is 7.32. The van der Waals surface area contributed by atoms with Crippen LogP contribution in [0, 0.1) is 0 Å². The van der Waals surface area contributed by atoms with Gasteiger partial charge in [0.05, 0.1) is 5.71 Å². The van der Waals surface area contributed by atoms with E-state index in [1.54, 1.807) is 23.6 Å². The second-order valence-corrected chi connectivity index (χ2v) is 7.77. The van der Waals surface area contributed by atoms with Gasteiger partial charge in [-0.25, -0.2) is 0 Å². The first kappa shape index (κ1) is 16.4. The fourth-order valence-electron chi connectivity index (χ4n) is 2.11. The van der Waals surface area contributed by atoms with Crippen LogP contribution in [0.1, 0.15) is 11.1 Å². The molecule has 5 heteroatoms. The van der Waals surface area contributed by atoms with Crippen molar-refractivity contribution >= 4 is 33.1 Å². The van der Waals surface area contributed by atoms with Crippen molar-refractivity contribution in [1.82, 2.24) is 0 Å². The van der Waals surface area contributed by atoms with Gasteiger partial charge in [-0.15, -0.1) is 11.3 Å². The number of hydrogen-bond acceptors (Lipinski definition) is 3. The highest BCUT2D eigenvalue weighted by Gasteiger charge is 2.15. The Morgan fingerprint density at radius 1 is 0.875 bits per heavy atom. The normalized spacial score (nSPS) is 12.6. The predicted molar refractivity (Wildman–Crippen MR) is 100.0 cm³/mol. The number of hydrogen-bond donors (Lipinski definition) is 0. The lowest BCUT2D eigenvalue weighted by Crippen LogP contribution is -2.03. The molecule has 0 aliphatic heterocycles. The second kappa shape index (κ2) is 7.38. The molecule has 1 heterocycles. The van der Waals surface area contributed by atoms with E-state index in [1.807, 2.05) is 66.7 Å². The van der Waals surface area contributed by atoms with Crippen LogP contribution < -0.4 is 0 Å². The fraction of sp³-hybridized carbons (Fsp3) is 0. The summed E-state index contributed by atoms with van der Waals surface area (Å²) in [7, 11) is -3.71. The van der Waals surface area contributed by atoms with Gasteiger partial charge in [-0.2, -0.15) is 12.8 Å². The van der Waals surface area contributed by atoms with Gasteiger partial charge in [0.15, 0.2) is 0 Å². The van der Waals surface area contributed by atoms with Crippen LogP contribution >= 0.6 is 11.3 Å². The Labute approximate surface area is 145 Å². The van der Waals surface area contributed by atoms with Crippen LogP contribution in [0.4, 0.5) is 0 Å². The Morgan fingerprint density at radius 2 is 1.54 bits per heavy atom. The number of nitrogens with zero attached hydrogens (tertiary/aromatic N) is 1. The summed E-state index contributed by atoms with van der Waals surface area (Å²) >= 11 is 1.16. The van der Waals surface area contributed by atoms with Crippen LogP contribution in [-0.2, 0) is 10.0 Å². The van der Waals surface area contributed by atoms with Crippen molar-refractivity contribution in [2.75, 3.05) is 0 Å². The number of sulfonamides is 1. The van der Waals surface area contributed by atoms with Gasteiger partial charge in [0.25, 0.3) is 10.0 Å². The predicted octanol–water partition coefficient (Wildman–Crippen LogP) is 4.64. The van der Waals surface area contributed by atoms with Crippen LogP contribution in [0.15, 0.2) is 92.9 Å². The lowest BCUT2D eigenvalue weighted by Gasteiger charge is -2.02. The van der Waals surface area contributed by atoms with Gasteiger partial charge in [-0.05, 0) is 23.1 Å². The minimum atomic E-state index is -3.71. The summed E-state index contributed by atoms with van der Waals surface area (Å²) in [5, 5.41) is 1.73. The van der Waals surface area contributed by atoms with E-state index in [4.69, 9.17) is 0 Å². The first-order chi connectivity index (χ1) is 11.6. The molecule has 0 bridgehead atoms. The summed E-state index contributed by atoms with van der Waals surface area (Å²) < 4.78 is 29.2. The summed E-state index contributed by atoms with van der Waals surface area (Å²) in [6.45, 7) is 0. The zero-order chi connectivity index (χ0) is 16.8. The van der Waals surface area contributed by atoms with Gasteiger partial charge in [-0.1, -0.05) is 72.8 Å². The molecular weight excluding hydrogens is 338 g/mol. The Morgan fingerprint density at radius 3 is 2.17 bits per heavy atom. The molecule has 0 fully saturated rings. The van der Waals surface area contributed by atoms with E-state index in [-0.39, 0.29) is 4.21 Å². The molecule has 24 heavy (non-hydrogen) atoms. The largest absolute Gasteiger partial charge is 0.292 e. The van der Waals surface area contributed by atoms with Gasteiger partial charge in [0.2, 0.25) is 0 Å². The summed E-state index contributed by atoms with van der Waals surface area (Å²) in [6.07, 6.45) is 3.59. The summed E-state index contributed by atoms with van der Waals surface area (Å²) in [6, 6.07) is 22.3. The van der Waals surface area contributed by atoms with Crippen molar-refractivity contribution in [3.63, 3.8) is 0 Å². The molecule has 0 N–H and O–H groups in total. The maximum absolute atomic E-state index is 12.5. The Hall–Kier alpha value is -2.50. The Bertz CT molecular complexity index is 943. The van der Waals surface area contributed by atoms with E-state index in [2.05, 4.69) is 4.40 Å². The monoisotopic (exact) mass is 353 g/mol. The molecular formula is C19H15NO2S2. The summed E-state index contributed by atoms with van der Waals surface area (Å²) in [5.74, 6) is 0. The zero-order valence-corrected chi connectivity index (χ0v) is 14.4. The van der Waals surface area contributed by atoms with Crippen LogP contribution in [0.5, 0.6) is 0 Å². The fourth-order valence-corrected chi connectivity index (χ4v) is 4.09. The highest BCUT2D eigenvalue weighted by Crippen LogP contribution is 2.20. The quantitative estimate of drug-likeness (QED) is 0.627. The number of allylic oxidation sites excluding steroid dienone is 1. The topological polar surface area (TPSA) is 46.5 Å². The van der Waals surface area contributed by atoms with Gasteiger partial charge < -0.3 is 0 Å². The molecule has 0 atom stereocenters. The SMILES string of the molecule is O=S(=O)(/N=C(\C=C\c1ccccc1)c1ccccc1)c1cccs1. The summed E-state index contributed by atoms with van der Waals surface area (Å²) in [4.78, 5) is 0. The number of rotatable bonds is 5. The Kier molecular flexibility index (Phi) is 5.03. The standard InChI is InChI=1S/C19H15NO2S2/c21-24(22,19-12-7-15-23-19)20-18(17-10-5-2-6-11-17)14-13-16-8-3-1-4-9-16/h1-15H/b14-13+,20-18+. The molecule has 2 aromatic carbocycles. The van der Waals surface area contributed by atoms with Gasteiger partial charge in [0, 0.05) is 5.56 Å². The van der Waals surface area contributed by atoms with E-state index in [9.17, 15) is 8.42 Å². The zero-order valence-electron chi connectivity index (χ0n) is 12.7. The van der Waals surface area contributed by atoms with Crippen molar-refractivity contribution in [2.24, 2.45) is 4.40 Å². The molecule has 0 saturated heterocycles. The van der Waals surface area contributed by atoms with Crippen molar-refractivity contribution in [1.29, 1.82) is 0 Å². The minimum absolute atomic E-state index is 0.240. The molecule has 3 aromatic rings. The molecule has 3 nitrogen and oxygen atoms in total. The number of benzene rings is 2. The lowest BCUT2D eigenvalue weighted by atomic mass is 10.1. The molecule has 0 amide bonds. The van der Waals surface area contributed by atoms with Crippen LogP contribution in [0.2, 0.25) is 0 Å². The van der Waals surface area contributed by atoms with E-state index >= 15 is 0 Å². The van der Waals surface area contributed by atoms with Crippen LogP contribution in [0.3, 0.4) is 0 Å². The average Bonchev–Trinajstić information content (AvgIpc) is 3.16. The Balaban J connectivity index is 2.03. The average molecular weight is 353 g/mol. The van der Waals surface area contributed by atoms with E-state index < -0.39 is 10.0 Å². The molecule has 0 spiro atoms. The third kappa shape index (κ3) is 4.07. The third-order valence-corrected chi connectivity index (χ3v) is 5.93. The molecule has 0 saturated carbocycles. The van der Waals surface area contributed by atoms with E-state index in [0.717, 1.165) is 22.5 Å². The highest BCUT2D eigenvalue weighted by atomic mass is 32.2. The minimum Gasteiger partial charge on any atom is -0.198 e. The highest BCUT2D eigenvalue weighted by molar-refractivity contribution is 7.92. The molecule has 0 aliphatic rings. The van der Waals surface area contributed by atoms with Crippen LogP contribution in [0.25, 0.3) is 6.08 Å². The molecule has 120 valence electrons. The summed E-state index contributed by atoms with van der Waals surface area (Å²) in [5.41, 5.74) is 2.15. The molecule has 0 aliphatic carbocycles. The van der Waals surface area contributed by atoms with Gasteiger partial charge in [0.1, 0.15) is 4.21 Å². The first-order valence-corrected chi connectivity index (χ1v) is 9.64. The van der Waals surface area contributed by atoms with Gasteiger partial charge >= 0.3 is 0 Å². The van der Waals surface area contributed by atoms with E-state index in [1.165, 1.54) is 0 Å². The second-order valence-electron chi connectivity index (χ2n) is 4.99. The lowest BCUT2D eigenvalue weighted by molar-refractivity contribution is 0.600.